The van der Waals surface area contributed by atoms with Crippen molar-refractivity contribution in [1.29, 1.82) is 10.8 Å². The lowest BCUT2D eigenvalue weighted by atomic mass is 10.1. The van der Waals surface area contributed by atoms with E-state index in [1.165, 1.54) is 12.4 Å². The van der Waals surface area contributed by atoms with Gasteiger partial charge in [0.25, 0.3) is 0 Å². The minimum Gasteiger partial charge on any atom is -0.507 e. The number of nitrogens with one attached hydrogen (secondary N) is 3. The summed E-state index contributed by atoms with van der Waals surface area (Å²) < 4.78 is 0. The van der Waals surface area contributed by atoms with Crippen molar-refractivity contribution in [3.8, 4) is 11.5 Å². The molecular formula is C20H21N3O2. The van der Waals surface area contributed by atoms with Crippen LogP contribution in [-0.2, 0) is 0 Å². The summed E-state index contributed by atoms with van der Waals surface area (Å²) in [6.45, 7) is 0. The van der Waals surface area contributed by atoms with Gasteiger partial charge in [-0.05, 0) is 24.3 Å². The second-order valence-electron chi connectivity index (χ2n) is 5.40. The molecule has 5 nitrogen and oxygen atoms in total. The van der Waals surface area contributed by atoms with Crippen molar-refractivity contribution in [3.05, 3.63) is 71.1 Å². The average molecular weight is 335 g/mol. The smallest absolute Gasteiger partial charge is 0.122 e. The van der Waals surface area contributed by atoms with Crippen LogP contribution in [0.25, 0.3) is 12.2 Å². The molecule has 0 aromatic heterocycles. The Bertz CT molecular complexity index is 743. The lowest BCUT2D eigenvalue weighted by Gasteiger charge is -2.13. The van der Waals surface area contributed by atoms with Crippen molar-refractivity contribution in [1.82, 2.24) is 5.32 Å². The van der Waals surface area contributed by atoms with E-state index in [-0.39, 0.29) is 11.5 Å². The Morgan fingerprint density at radius 2 is 1.16 bits per heavy atom. The number of phenols is 2. The summed E-state index contributed by atoms with van der Waals surface area (Å²) in [5.74, 6) is 0.315. The molecule has 5 N–H and O–H groups in total. The highest BCUT2D eigenvalue weighted by atomic mass is 16.3. The van der Waals surface area contributed by atoms with E-state index in [1.807, 2.05) is 12.1 Å². The number of allylic oxidation sites excluding steroid dienone is 2. The monoisotopic (exact) mass is 335 g/mol. The van der Waals surface area contributed by atoms with Gasteiger partial charge < -0.3 is 26.3 Å². The predicted molar refractivity (Wildman–Crippen MR) is 102 cm³/mol. The van der Waals surface area contributed by atoms with E-state index >= 15 is 0 Å². The predicted octanol–water partition coefficient (Wildman–Crippen LogP) is 4.15. The molecule has 0 unspecified atom stereocenters. The van der Waals surface area contributed by atoms with Crippen LogP contribution in [0.4, 0.5) is 0 Å². The quantitative estimate of drug-likeness (QED) is 0.468. The van der Waals surface area contributed by atoms with Crippen LogP contribution in [-0.4, -0.2) is 22.6 Å². The van der Waals surface area contributed by atoms with Crippen LogP contribution < -0.4 is 5.32 Å². The topological polar surface area (TPSA) is 100 Å². The summed E-state index contributed by atoms with van der Waals surface area (Å²) in [5.41, 5.74) is 2.70. The molecule has 0 fully saturated rings. The lowest BCUT2D eigenvalue weighted by Crippen LogP contribution is -2.13. The molecule has 0 radical (unpaired) electrons. The van der Waals surface area contributed by atoms with Crippen molar-refractivity contribution < 1.29 is 10.2 Å². The highest BCUT2D eigenvalue weighted by Gasteiger charge is 2.05. The van der Waals surface area contributed by atoms with Crippen molar-refractivity contribution >= 4 is 24.6 Å². The largest absolute Gasteiger partial charge is 0.507 e. The Morgan fingerprint density at radius 3 is 1.52 bits per heavy atom. The van der Waals surface area contributed by atoms with Crippen LogP contribution in [0.1, 0.15) is 24.0 Å². The van der Waals surface area contributed by atoms with Gasteiger partial charge in [-0.15, -0.1) is 0 Å². The van der Waals surface area contributed by atoms with Crippen molar-refractivity contribution in [2.24, 2.45) is 0 Å². The molecule has 0 aliphatic carbocycles. The highest BCUT2D eigenvalue weighted by molar-refractivity contribution is 5.69. The van der Waals surface area contributed by atoms with Gasteiger partial charge in [0, 0.05) is 47.8 Å². The fourth-order valence-corrected chi connectivity index (χ4v) is 2.31. The number of aromatic hydroxyl groups is 2. The molecule has 0 bridgehead atoms. The van der Waals surface area contributed by atoms with Gasteiger partial charge in [0.15, 0.2) is 0 Å². The Balaban J connectivity index is 2.34. The molecular weight excluding hydrogens is 314 g/mol. The molecule has 5 heteroatoms. The third-order valence-corrected chi connectivity index (χ3v) is 3.50. The van der Waals surface area contributed by atoms with Crippen LogP contribution in [0.3, 0.4) is 0 Å². The fourth-order valence-electron chi connectivity index (χ4n) is 2.31. The first kappa shape index (κ1) is 18.0. The zero-order valence-electron chi connectivity index (χ0n) is 13.7. The average Bonchev–Trinajstić information content (AvgIpc) is 2.59. The van der Waals surface area contributed by atoms with E-state index in [4.69, 9.17) is 10.8 Å². The van der Waals surface area contributed by atoms with Crippen LogP contribution in [0.5, 0.6) is 11.5 Å². The molecule has 2 aromatic carbocycles. The van der Waals surface area contributed by atoms with Crippen LogP contribution in [0.2, 0.25) is 0 Å². The molecule has 2 rings (SSSR count). The summed E-state index contributed by atoms with van der Waals surface area (Å²) in [6.07, 6.45) is 6.77. The lowest BCUT2D eigenvalue weighted by molar-refractivity contribution is 0.473. The van der Waals surface area contributed by atoms with Gasteiger partial charge in [0.2, 0.25) is 0 Å². The molecule has 25 heavy (non-hydrogen) atoms. The second-order valence-corrected chi connectivity index (χ2v) is 5.40. The number of benzene rings is 2. The van der Waals surface area contributed by atoms with Gasteiger partial charge in [0.05, 0.1) is 0 Å². The van der Waals surface area contributed by atoms with Crippen molar-refractivity contribution in [2.45, 2.75) is 12.8 Å². The molecule has 128 valence electrons. The second kappa shape index (κ2) is 9.08. The summed E-state index contributed by atoms with van der Waals surface area (Å²) in [5, 5.41) is 37.8. The molecule has 0 saturated carbocycles. The van der Waals surface area contributed by atoms with Crippen LogP contribution >= 0.6 is 0 Å². The van der Waals surface area contributed by atoms with Crippen LogP contribution in [0.15, 0.2) is 59.9 Å². The summed E-state index contributed by atoms with van der Waals surface area (Å²) in [6, 6.07) is 13.9. The van der Waals surface area contributed by atoms with Crippen molar-refractivity contribution in [2.75, 3.05) is 0 Å². The zero-order valence-corrected chi connectivity index (χ0v) is 13.7. The third-order valence-electron chi connectivity index (χ3n) is 3.50. The van der Waals surface area contributed by atoms with Gasteiger partial charge in [0.1, 0.15) is 11.5 Å². The first-order valence-corrected chi connectivity index (χ1v) is 7.86. The van der Waals surface area contributed by atoms with Gasteiger partial charge in [-0.3, -0.25) is 0 Å². The Hall–Kier alpha value is -3.34. The molecule has 2 aromatic rings. The van der Waals surface area contributed by atoms with E-state index in [2.05, 4.69) is 5.32 Å². The molecule has 0 amide bonds. The molecule has 0 aliphatic rings. The minimum absolute atomic E-state index is 0.157. The Morgan fingerprint density at radius 1 is 0.760 bits per heavy atom. The molecule has 0 aliphatic heterocycles. The first-order valence-electron chi connectivity index (χ1n) is 7.86. The first-order chi connectivity index (χ1) is 12.1. The maximum Gasteiger partial charge on any atom is 0.122 e. The summed E-state index contributed by atoms with van der Waals surface area (Å²) in [4.78, 5) is 0. The van der Waals surface area contributed by atoms with Gasteiger partial charge in [-0.25, -0.2) is 0 Å². The molecule has 0 heterocycles. The van der Waals surface area contributed by atoms with Crippen molar-refractivity contribution in [3.63, 3.8) is 0 Å². The maximum absolute atomic E-state index is 9.92. The SMILES string of the molecule is N=CCC(=Cc1ccccc1O)NC(=Cc1ccccc1O)CC=N. The van der Waals surface area contributed by atoms with Gasteiger partial charge >= 0.3 is 0 Å². The molecule has 0 atom stereocenters. The Labute approximate surface area is 147 Å². The standard InChI is InChI=1S/C20H21N3O2/c21-11-9-17(13-15-5-1-3-7-19(15)24)23-18(10-12-22)14-16-6-2-4-8-20(16)25/h1-8,11-14,21-25H,9-10H2. The van der Waals surface area contributed by atoms with E-state index in [1.54, 1.807) is 48.6 Å². The van der Waals surface area contributed by atoms with E-state index in [9.17, 15) is 10.2 Å². The number of hydrogen-bond acceptors (Lipinski definition) is 5. The number of phenolic OH excluding ortho intramolecular Hbond substituents is 2. The highest BCUT2D eigenvalue weighted by Crippen LogP contribution is 2.22. The van der Waals surface area contributed by atoms with Gasteiger partial charge in [-0.2, -0.15) is 0 Å². The molecule has 0 spiro atoms. The summed E-state index contributed by atoms with van der Waals surface area (Å²) >= 11 is 0. The minimum atomic E-state index is 0.157. The number of rotatable bonds is 8. The molecule has 0 saturated heterocycles. The van der Waals surface area contributed by atoms with E-state index in [0.717, 1.165) is 0 Å². The summed E-state index contributed by atoms with van der Waals surface area (Å²) in [7, 11) is 0. The number of hydrogen-bond donors (Lipinski definition) is 5. The number of para-hydroxylation sites is 2. The van der Waals surface area contributed by atoms with E-state index in [0.29, 0.717) is 35.4 Å². The normalized spacial score (nSPS) is 11.8. The fraction of sp³-hybridized carbons (Fsp3) is 0.100. The van der Waals surface area contributed by atoms with E-state index < -0.39 is 0 Å². The Kier molecular flexibility index (Phi) is 6.54. The van der Waals surface area contributed by atoms with Gasteiger partial charge in [-0.1, -0.05) is 36.4 Å². The third kappa shape index (κ3) is 5.35. The zero-order chi connectivity index (χ0) is 18.1. The van der Waals surface area contributed by atoms with Crippen LogP contribution in [0, 0.1) is 10.8 Å². The maximum atomic E-state index is 9.92.